The van der Waals surface area contributed by atoms with E-state index in [9.17, 15) is 0 Å². The fourth-order valence-electron chi connectivity index (χ4n) is 1.64. The molecular weight excluding hydrogens is 188 g/mol. The third kappa shape index (κ3) is 4.47. The van der Waals surface area contributed by atoms with Gasteiger partial charge in [-0.25, -0.2) is 9.55 Å². The van der Waals surface area contributed by atoms with Crippen LogP contribution in [0.15, 0.2) is 12.4 Å². The second kappa shape index (κ2) is 7.46. The van der Waals surface area contributed by atoms with Crippen LogP contribution >= 0.6 is 0 Å². The number of aromatic nitrogens is 2. The summed E-state index contributed by atoms with van der Waals surface area (Å²) in [7, 11) is 0. The van der Waals surface area contributed by atoms with Crippen molar-refractivity contribution >= 4 is 0 Å². The first-order chi connectivity index (χ1) is 7.38. The molecule has 3 heteroatoms. The minimum atomic E-state index is 0.692. The molecule has 0 atom stereocenters. The molecule has 1 aromatic heterocycles. The molecule has 0 unspecified atom stereocenters. The first kappa shape index (κ1) is 12.2. The number of nitrogens with zero attached hydrogens (tertiary/aromatic N) is 1. The SMILES string of the molecule is CCCCCC[n+]1cc[nH]c1COCC. The Hall–Kier alpha value is -0.830. The van der Waals surface area contributed by atoms with Crippen LogP contribution in [0.1, 0.15) is 45.4 Å². The van der Waals surface area contributed by atoms with Gasteiger partial charge in [0.15, 0.2) is 0 Å². The number of H-pyrrole nitrogens is 1. The van der Waals surface area contributed by atoms with E-state index in [0.29, 0.717) is 6.61 Å². The molecule has 3 nitrogen and oxygen atoms in total. The summed E-state index contributed by atoms with van der Waals surface area (Å²) in [5.41, 5.74) is 0. The number of rotatable bonds is 8. The van der Waals surface area contributed by atoms with Gasteiger partial charge in [0.2, 0.25) is 0 Å². The molecule has 0 saturated carbocycles. The van der Waals surface area contributed by atoms with Crippen LogP contribution in [0.25, 0.3) is 0 Å². The molecule has 0 saturated heterocycles. The van der Waals surface area contributed by atoms with Crippen LogP contribution < -0.4 is 4.57 Å². The predicted molar refractivity (Wildman–Crippen MR) is 60.5 cm³/mol. The minimum Gasteiger partial charge on any atom is -0.369 e. The summed E-state index contributed by atoms with van der Waals surface area (Å²) in [6, 6.07) is 0. The number of nitrogens with one attached hydrogen (secondary N) is 1. The average molecular weight is 211 g/mol. The number of hydrogen-bond donors (Lipinski definition) is 1. The summed E-state index contributed by atoms with van der Waals surface area (Å²) < 4.78 is 7.65. The molecule has 0 radical (unpaired) electrons. The second-order valence-corrected chi connectivity index (χ2v) is 3.80. The number of ether oxygens (including phenoxy) is 1. The third-order valence-corrected chi connectivity index (χ3v) is 2.55. The fraction of sp³-hybridized carbons (Fsp3) is 0.750. The monoisotopic (exact) mass is 211 g/mol. The molecule has 1 aromatic rings. The zero-order chi connectivity index (χ0) is 10.9. The third-order valence-electron chi connectivity index (χ3n) is 2.55. The van der Waals surface area contributed by atoms with Gasteiger partial charge in [0, 0.05) is 6.61 Å². The standard InChI is InChI=1S/C12H22N2O/c1-3-5-6-7-9-14-10-8-13-12(14)11-15-4-2/h8,10H,3-7,9,11H2,1-2H3/p+1. The summed E-state index contributed by atoms with van der Waals surface area (Å²) in [6.45, 7) is 6.83. The zero-order valence-electron chi connectivity index (χ0n) is 9.96. The van der Waals surface area contributed by atoms with Gasteiger partial charge in [-0.1, -0.05) is 19.8 Å². The molecule has 0 bridgehead atoms. The van der Waals surface area contributed by atoms with Crippen molar-refractivity contribution < 1.29 is 9.30 Å². The Morgan fingerprint density at radius 2 is 2.13 bits per heavy atom. The summed E-state index contributed by atoms with van der Waals surface area (Å²) in [4.78, 5) is 3.22. The molecule has 0 aliphatic heterocycles. The normalized spacial score (nSPS) is 10.8. The first-order valence-electron chi connectivity index (χ1n) is 6.02. The van der Waals surface area contributed by atoms with Crippen LogP contribution in [0.2, 0.25) is 0 Å². The van der Waals surface area contributed by atoms with E-state index < -0.39 is 0 Å². The van der Waals surface area contributed by atoms with Crippen LogP contribution in [0, 0.1) is 0 Å². The summed E-state index contributed by atoms with van der Waals surface area (Å²) >= 11 is 0. The number of unbranched alkanes of at least 4 members (excludes halogenated alkanes) is 3. The van der Waals surface area contributed by atoms with Gasteiger partial charge < -0.3 is 4.74 Å². The van der Waals surface area contributed by atoms with Crippen molar-refractivity contribution in [2.24, 2.45) is 0 Å². The maximum absolute atomic E-state index is 5.39. The van der Waals surface area contributed by atoms with E-state index in [0.717, 1.165) is 13.2 Å². The topological polar surface area (TPSA) is 28.9 Å². The van der Waals surface area contributed by atoms with E-state index in [2.05, 4.69) is 22.7 Å². The van der Waals surface area contributed by atoms with Crippen LogP contribution in [-0.2, 0) is 17.9 Å². The molecule has 1 heterocycles. The van der Waals surface area contributed by atoms with E-state index in [1.165, 1.54) is 31.5 Å². The lowest BCUT2D eigenvalue weighted by Gasteiger charge is -2.01. The lowest BCUT2D eigenvalue weighted by Crippen LogP contribution is -2.36. The summed E-state index contributed by atoms with van der Waals surface area (Å²) in [6.07, 6.45) is 9.29. The lowest BCUT2D eigenvalue weighted by molar-refractivity contribution is -0.705. The van der Waals surface area contributed by atoms with E-state index >= 15 is 0 Å². The first-order valence-corrected chi connectivity index (χ1v) is 6.02. The highest BCUT2D eigenvalue weighted by Crippen LogP contribution is 1.99. The largest absolute Gasteiger partial charge is 0.369 e. The van der Waals surface area contributed by atoms with Crippen LogP contribution in [0.3, 0.4) is 0 Å². The molecule has 0 aliphatic carbocycles. The van der Waals surface area contributed by atoms with Gasteiger partial charge in [0.25, 0.3) is 5.82 Å². The summed E-state index contributed by atoms with van der Waals surface area (Å²) in [5, 5.41) is 0. The molecule has 15 heavy (non-hydrogen) atoms. The van der Waals surface area contributed by atoms with Crippen molar-refractivity contribution in [3.05, 3.63) is 18.2 Å². The molecule has 0 amide bonds. The maximum atomic E-state index is 5.39. The number of hydrogen-bond acceptors (Lipinski definition) is 1. The molecule has 0 spiro atoms. The Kier molecular flexibility index (Phi) is 6.09. The van der Waals surface area contributed by atoms with E-state index in [1.807, 2.05) is 13.1 Å². The zero-order valence-corrected chi connectivity index (χ0v) is 9.96. The minimum absolute atomic E-state index is 0.692. The Balaban J connectivity index is 2.29. The highest BCUT2D eigenvalue weighted by atomic mass is 16.5. The Labute approximate surface area is 92.5 Å². The molecule has 1 rings (SSSR count). The predicted octanol–water partition coefficient (Wildman–Crippen LogP) is 2.42. The maximum Gasteiger partial charge on any atom is 0.280 e. The summed E-state index contributed by atoms with van der Waals surface area (Å²) in [5.74, 6) is 1.17. The van der Waals surface area contributed by atoms with Crippen molar-refractivity contribution in [2.45, 2.75) is 52.7 Å². The fourth-order valence-corrected chi connectivity index (χ4v) is 1.64. The highest BCUT2D eigenvalue weighted by Gasteiger charge is 2.09. The van der Waals surface area contributed by atoms with Gasteiger partial charge >= 0.3 is 0 Å². The van der Waals surface area contributed by atoms with Gasteiger partial charge in [-0.05, 0) is 19.8 Å². The van der Waals surface area contributed by atoms with Crippen LogP contribution in [-0.4, -0.2) is 11.6 Å². The molecular formula is C12H23N2O+. The van der Waals surface area contributed by atoms with Gasteiger partial charge in [-0.3, -0.25) is 0 Å². The van der Waals surface area contributed by atoms with Crippen LogP contribution in [0.5, 0.6) is 0 Å². The molecule has 0 aromatic carbocycles. The Morgan fingerprint density at radius 3 is 2.87 bits per heavy atom. The Morgan fingerprint density at radius 1 is 1.27 bits per heavy atom. The number of aromatic amines is 1. The quantitative estimate of drug-likeness (QED) is 0.519. The van der Waals surface area contributed by atoms with Gasteiger partial charge in [-0.2, -0.15) is 0 Å². The highest BCUT2D eigenvalue weighted by molar-refractivity contribution is 4.73. The van der Waals surface area contributed by atoms with Crippen molar-refractivity contribution in [1.29, 1.82) is 0 Å². The smallest absolute Gasteiger partial charge is 0.280 e. The van der Waals surface area contributed by atoms with Crippen molar-refractivity contribution in [3.63, 3.8) is 0 Å². The van der Waals surface area contributed by atoms with Crippen molar-refractivity contribution in [1.82, 2.24) is 4.98 Å². The second-order valence-electron chi connectivity index (χ2n) is 3.80. The van der Waals surface area contributed by atoms with Crippen molar-refractivity contribution in [3.8, 4) is 0 Å². The van der Waals surface area contributed by atoms with E-state index in [1.54, 1.807) is 0 Å². The molecule has 86 valence electrons. The van der Waals surface area contributed by atoms with Gasteiger partial charge in [0.05, 0.1) is 6.54 Å². The lowest BCUT2D eigenvalue weighted by atomic mass is 10.2. The molecule has 0 fully saturated rings. The Bertz CT molecular complexity index is 258. The van der Waals surface area contributed by atoms with Gasteiger partial charge in [-0.15, -0.1) is 0 Å². The molecule has 1 N–H and O–H groups in total. The van der Waals surface area contributed by atoms with Gasteiger partial charge in [0.1, 0.15) is 19.0 Å². The number of imidazole rings is 1. The molecule has 0 aliphatic rings. The number of aryl methyl sites for hydroxylation is 1. The van der Waals surface area contributed by atoms with E-state index in [-0.39, 0.29) is 0 Å². The average Bonchev–Trinajstić information content (AvgIpc) is 2.69. The van der Waals surface area contributed by atoms with Crippen molar-refractivity contribution in [2.75, 3.05) is 6.61 Å². The van der Waals surface area contributed by atoms with Crippen LogP contribution in [0.4, 0.5) is 0 Å². The van der Waals surface area contributed by atoms with E-state index in [4.69, 9.17) is 4.74 Å².